The zero-order valence-electron chi connectivity index (χ0n) is 9.54. The molecule has 0 atom stereocenters. The molecule has 1 rings (SSSR count). The molecule has 0 fully saturated rings. The fourth-order valence-corrected chi connectivity index (χ4v) is 1.03. The monoisotopic (exact) mass is 243 g/mol. The van der Waals surface area contributed by atoms with E-state index in [1.165, 1.54) is 4.90 Å². The summed E-state index contributed by atoms with van der Waals surface area (Å²) in [4.78, 5) is 12.8. The minimum atomic E-state index is -1.97. The van der Waals surface area contributed by atoms with Crippen LogP contribution in [0, 0.1) is 0 Å². The van der Waals surface area contributed by atoms with E-state index in [1.807, 2.05) is 0 Å². The number of hydrogen-bond donors (Lipinski definition) is 0. The summed E-state index contributed by atoms with van der Waals surface area (Å²) >= 11 is 3.26. The molecule has 1 amide bonds. The number of hydrogen-bond acceptors (Lipinski definition) is 1. The van der Waals surface area contributed by atoms with Crippen molar-refractivity contribution >= 4 is 21.8 Å². The molecule has 0 radical (unpaired) electrons. The maximum absolute atomic E-state index is 11.6. The van der Waals surface area contributed by atoms with Gasteiger partial charge in [-0.15, -0.1) is 0 Å². The van der Waals surface area contributed by atoms with E-state index in [2.05, 4.69) is 15.9 Å². The molecule has 0 saturated carbocycles. The molecule has 2 nitrogen and oxygen atoms in total. The Morgan fingerprint density at radius 1 is 1.46 bits per heavy atom. The molecule has 1 aromatic carbocycles. The minimum absolute atomic E-state index is 0.365. The molecule has 0 spiro atoms. The summed E-state index contributed by atoms with van der Waals surface area (Å²) in [7, 11) is 3.08. The number of nitrogens with zero attached hydrogens (tertiary/aromatic N) is 1. The van der Waals surface area contributed by atoms with Crippen molar-refractivity contribution in [3.05, 3.63) is 34.3 Å². The first-order chi connectivity index (χ1) is 6.85. The average Bonchev–Trinajstić information content (AvgIpc) is 2.17. The maximum Gasteiger partial charge on any atom is 0.226 e. The van der Waals surface area contributed by atoms with E-state index < -0.39 is 12.3 Å². The van der Waals surface area contributed by atoms with Crippen LogP contribution in [0.1, 0.15) is 8.30 Å². The van der Waals surface area contributed by atoms with Gasteiger partial charge in [0, 0.05) is 21.3 Å². The van der Waals surface area contributed by atoms with Crippen LogP contribution in [0.3, 0.4) is 0 Å². The molecule has 0 heterocycles. The molecule has 1 aromatic rings. The van der Waals surface area contributed by atoms with Crippen LogP contribution in [0.25, 0.3) is 0 Å². The Morgan fingerprint density at radius 2 is 2.00 bits per heavy atom. The number of halogens is 1. The Hall–Kier alpha value is -0.830. The lowest BCUT2D eigenvalue weighted by atomic mass is 10.1. The fourth-order valence-electron chi connectivity index (χ4n) is 0.769. The number of amides is 1. The van der Waals surface area contributed by atoms with Crippen molar-refractivity contribution in [2.75, 3.05) is 14.1 Å². The molecule has 0 saturated heterocycles. The summed E-state index contributed by atoms with van der Waals surface area (Å²) in [5, 5.41) is 0. The standard InChI is InChI=1S/C10H12BrNO/c1-12(2)10(13)7-8-3-5-9(11)6-4-8/h3-6H,7H2,1-2H3/i7D2. The van der Waals surface area contributed by atoms with E-state index in [0.29, 0.717) is 5.56 Å². The van der Waals surface area contributed by atoms with Crippen LogP contribution in [0.15, 0.2) is 28.7 Å². The van der Waals surface area contributed by atoms with E-state index in [1.54, 1.807) is 38.4 Å². The summed E-state index contributed by atoms with van der Waals surface area (Å²) in [5.41, 5.74) is 0.365. The van der Waals surface area contributed by atoms with Crippen molar-refractivity contribution in [3.63, 3.8) is 0 Å². The molecule has 0 aliphatic carbocycles. The van der Waals surface area contributed by atoms with Crippen LogP contribution >= 0.6 is 15.9 Å². The summed E-state index contributed by atoms with van der Waals surface area (Å²) in [6, 6.07) is 6.64. The second-order valence-electron chi connectivity index (χ2n) is 2.83. The Balaban J connectivity index is 3.05. The lowest BCUT2D eigenvalue weighted by molar-refractivity contribution is -0.127. The summed E-state index contributed by atoms with van der Waals surface area (Å²) in [6.07, 6.45) is -1.97. The SMILES string of the molecule is [2H]C([2H])(C(=O)N(C)C)c1ccc(Br)cc1. The molecule has 0 aromatic heterocycles. The summed E-state index contributed by atoms with van der Waals surface area (Å²) in [6.45, 7) is 0. The largest absolute Gasteiger partial charge is 0.349 e. The predicted octanol–water partition coefficient (Wildman–Crippen LogP) is 2.08. The second kappa shape index (κ2) is 4.42. The van der Waals surface area contributed by atoms with Gasteiger partial charge in [0.2, 0.25) is 5.91 Å². The topological polar surface area (TPSA) is 20.3 Å². The Bertz CT molecular complexity index is 362. The van der Waals surface area contributed by atoms with Gasteiger partial charge in [0.25, 0.3) is 0 Å². The molecule has 0 N–H and O–H groups in total. The third kappa shape index (κ3) is 3.19. The molecule has 0 bridgehead atoms. The zero-order chi connectivity index (χ0) is 11.6. The number of likely N-dealkylation sites (N-methyl/N-ethyl adjacent to an activating group) is 1. The molecule has 0 unspecified atom stereocenters. The summed E-state index contributed by atoms with van der Waals surface area (Å²) in [5.74, 6) is -0.551. The number of rotatable bonds is 2. The Labute approximate surface area is 89.5 Å². The second-order valence-corrected chi connectivity index (χ2v) is 3.75. The van der Waals surface area contributed by atoms with Gasteiger partial charge in [-0.2, -0.15) is 0 Å². The molecule has 0 aliphatic heterocycles. The molecule has 70 valence electrons. The summed E-state index contributed by atoms with van der Waals surface area (Å²) < 4.78 is 16.3. The van der Waals surface area contributed by atoms with Crippen LogP contribution in [-0.4, -0.2) is 24.9 Å². The van der Waals surface area contributed by atoms with Gasteiger partial charge in [-0.3, -0.25) is 4.79 Å². The van der Waals surface area contributed by atoms with Crippen molar-refractivity contribution in [3.8, 4) is 0 Å². The van der Waals surface area contributed by atoms with Crippen molar-refractivity contribution in [1.82, 2.24) is 4.90 Å². The third-order valence-electron chi connectivity index (χ3n) is 1.50. The van der Waals surface area contributed by atoms with Gasteiger partial charge in [0.05, 0.1) is 6.37 Å². The molecular weight excluding hydrogens is 230 g/mol. The zero-order valence-corrected chi connectivity index (χ0v) is 9.13. The highest BCUT2D eigenvalue weighted by atomic mass is 79.9. The van der Waals surface area contributed by atoms with Crippen LogP contribution in [0.4, 0.5) is 0 Å². The van der Waals surface area contributed by atoms with E-state index in [-0.39, 0.29) is 0 Å². The van der Waals surface area contributed by atoms with Crippen molar-refractivity contribution in [2.24, 2.45) is 0 Å². The van der Waals surface area contributed by atoms with Crippen molar-refractivity contribution in [1.29, 1.82) is 0 Å². The van der Waals surface area contributed by atoms with Gasteiger partial charge in [0.15, 0.2) is 0 Å². The van der Waals surface area contributed by atoms with E-state index in [9.17, 15) is 4.79 Å². The normalized spacial score (nSPS) is 13.2. The Kier molecular flexibility index (Phi) is 2.57. The van der Waals surface area contributed by atoms with E-state index >= 15 is 0 Å². The highest BCUT2D eigenvalue weighted by Crippen LogP contribution is 2.11. The third-order valence-corrected chi connectivity index (χ3v) is 2.03. The van der Waals surface area contributed by atoms with Gasteiger partial charge in [-0.25, -0.2) is 0 Å². The lowest BCUT2D eigenvalue weighted by Gasteiger charge is -2.09. The lowest BCUT2D eigenvalue weighted by Crippen LogP contribution is -2.23. The molecular formula is C10H12BrNO. The van der Waals surface area contributed by atoms with Gasteiger partial charge in [0.1, 0.15) is 0 Å². The first-order valence-corrected chi connectivity index (χ1v) is 4.63. The van der Waals surface area contributed by atoms with Gasteiger partial charge >= 0.3 is 0 Å². The maximum atomic E-state index is 11.6. The van der Waals surface area contributed by atoms with Crippen LogP contribution in [-0.2, 0) is 11.2 Å². The Morgan fingerprint density at radius 3 is 2.46 bits per heavy atom. The molecule has 13 heavy (non-hydrogen) atoms. The van der Waals surface area contributed by atoms with Crippen molar-refractivity contribution in [2.45, 2.75) is 6.37 Å². The van der Waals surface area contributed by atoms with Crippen molar-refractivity contribution < 1.29 is 7.54 Å². The van der Waals surface area contributed by atoms with Crippen LogP contribution < -0.4 is 0 Å². The fraction of sp³-hybridized carbons (Fsp3) is 0.300. The highest BCUT2D eigenvalue weighted by molar-refractivity contribution is 9.10. The van der Waals surface area contributed by atoms with E-state index in [0.717, 1.165) is 4.47 Å². The number of carbonyl (C=O) groups is 1. The molecule has 0 aliphatic rings. The highest BCUT2D eigenvalue weighted by Gasteiger charge is 2.04. The number of carbonyl (C=O) groups excluding carboxylic acids is 1. The first-order valence-electron chi connectivity index (χ1n) is 4.83. The van der Waals surface area contributed by atoms with E-state index in [4.69, 9.17) is 2.74 Å². The van der Waals surface area contributed by atoms with Crippen LogP contribution in [0.5, 0.6) is 0 Å². The quantitative estimate of drug-likeness (QED) is 0.779. The van der Waals surface area contributed by atoms with Gasteiger partial charge in [-0.05, 0) is 17.7 Å². The average molecular weight is 244 g/mol. The minimum Gasteiger partial charge on any atom is -0.349 e. The molecule has 3 heteroatoms. The first kappa shape index (κ1) is 7.56. The van der Waals surface area contributed by atoms with Gasteiger partial charge in [-0.1, -0.05) is 28.1 Å². The number of benzene rings is 1. The smallest absolute Gasteiger partial charge is 0.226 e. The predicted molar refractivity (Wildman–Crippen MR) is 56.5 cm³/mol. The van der Waals surface area contributed by atoms with Gasteiger partial charge < -0.3 is 4.90 Å². The van der Waals surface area contributed by atoms with Crippen LogP contribution in [0.2, 0.25) is 0 Å².